The van der Waals surface area contributed by atoms with Gasteiger partial charge in [-0.15, -0.1) is 5.10 Å². The maximum absolute atomic E-state index is 11.6. The topological polar surface area (TPSA) is 109 Å². The van der Waals surface area contributed by atoms with E-state index in [-0.39, 0.29) is 30.3 Å². The lowest BCUT2D eigenvalue weighted by atomic mass is 10.0. The van der Waals surface area contributed by atoms with E-state index in [9.17, 15) is 9.59 Å². The van der Waals surface area contributed by atoms with Crippen molar-refractivity contribution < 1.29 is 19.1 Å². The molecule has 8 heteroatoms. The van der Waals surface area contributed by atoms with Gasteiger partial charge in [-0.25, -0.2) is 0 Å². The van der Waals surface area contributed by atoms with E-state index in [1.807, 2.05) is 13.8 Å². The molecule has 0 spiro atoms. The number of hydrogen-bond donors (Lipinski definition) is 2. The molecule has 2 rings (SSSR count). The fourth-order valence-corrected chi connectivity index (χ4v) is 1.74. The maximum atomic E-state index is 11.6. The molecule has 1 aliphatic heterocycles. The number of carboxylic acids is 1. The lowest BCUT2D eigenvalue weighted by Crippen LogP contribution is -2.52. The normalized spacial score (nSPS) is 16.4. The summed E-state index contributed by atoms with van der Waals surface area (Å²) in [7, 11) is 0. The van der Waals surface area contributed by atoms with Gasteiger partial charge in [-0.1, -0.05) is 18.9 Å². The molecule has 0 bridgehead atoms. The number of nitrogens with one attached hydrogen (secondary N) is 1. The van der Waals surface area contributed by atoms with Crippen LogP contribution in [0.5, 0.6) is 0 Å². The second-order valence-corrected chi connectivity index (χ2v) is 4.88. The second-order valence-electron chi connectivity index (χ2n) is 4.88. The first-order chi connectivity index (χ1) is 8.95. The van der Waals surface area contributed by atoms with Gasteiger partial charge in [0.25, 0.3) is 0 Å². The molecule has 1 aliphatic rings. The maximum Gasteiger partial charge on any atom is 0.322 e. The standard InChI is InChI=1S/C11H16N4O4/c1-6(2)9-13-14-11(19-9)12-8(16)5-15-3-7(4-15)10(17)18/h6-7H,3-5H2,1-2H3,(H,17,18)(H,12,14,16). The summed E-state index contributed by atoms with van der Waals surface area (Å²) in [6.45, 7) is 4.73. The van der Waals surface area contributed by atoms with Crippen LogP contribution in [0.4, 0.5) is 6.01 Å². The molecule has 0 radical (unpaired) electrons. The first-order valence-corrected chi connectivity index (χ1v) is 6.04. The smallest absolute Gasteiger partial charge is 0.322 e. The van der Waals surface area contributed by atoms with Gasteiger partial charge in [0.05, 0.1) is 12.5 Å². The number of carboxylic acid groups (broad SMARTS) is 1. The van der Waals surface area contributed by atoms with Crippen molar-refractivity contribution in [1.82, 2.24) is 15.1 Å². The number of rotatable bonds is 5. The Hall–Kier alpha value is -1.96. The molecule has 1 aromatic heterocycles. The molecule has 1 fully saturated rings. The summed E-state index contributed by atoms with van der Waals surface area (Å²) in [5.74, 6) is -0.920. The number of carbonyl (C=O) groups excluding carboxylic acids is 1. The third-order valence-electron chi connectivity index (χ3n) is 2.85. The van der Waals surface area contributed by atoms with Gasteiger partial charge in [-0.05, 0) is 0 Å². The lowest BCUT2D eigenvalue weighted by Gasteiger charge is -2.35. The molecule has 1 aromatic rings. The van der Waals surface area contributed by atoms with Crippen molar-refractivity contribution in [3.63, 3.8) is 0 Å². The summed E-state index contributed by atoms with van der Waals surface area (Å²) in [5.41, 5.74) is 0. The number of anilines is 1. The van der Waals surface area contributed by atoms with Crippen molar-refractivity contribution in [2.45, 2.75) is 19.8 Å². The zero-order valence-corrected chi connectivity index (χ0v) is 10.8. The van der Waals surface area contributed by atoms with Gasteiger partial charge in [0.2, 0.25) is 11.8 Å². The molecule has 104 valence electrons. The summed E-state index contributed by atoms with van der Waals surface area (Å²) < 4.78 is 5.24. The van der Waals surface area contributed by atoms with Gasteiger partial charge in [0.15, 0.2) is 0 Å². The molecule has 0 aliphatic carbocycles. The minimum Gasteiger partial charge on any atom is -0.481 e. The molecule has 19 heavy (non-hydrogen) atoms. The highest BCUT2D eigenvalue weighted by Crippen LogP contribution is 2.16. The number of amides is 1. The summed E-state index contributed by atoms with van der Waals surface area (Å²) in [6, 6.07) is 0.0732. The summed E-state index contributed by atoms with van der Waals surface area (Å²) in [5, 5.41) is 18.7. The first kappa shape index (κ1) is 13.5. The third-order valence-corrected chi connectivity index (χ3v) is 2.85. The van der Waals surface area contributed by atoms with Crippen LogP contribution in [0.25, 0.3) is 0 Å². The highest BCUT2D eigenvalue weighted by atomic mass is 16.4. The van der Waals surface area contributed by atoms with Crippen LogP contribution in [0.2, 0.25) is 0 Å². The predicted octanol–water partition coefficient (Wildman–Crippen LogP) is 0.148. The van der Waals surface area contributed by atoms with Gasteiger partial charge in [0.1, 0.15) is 0 Å². The van der Waals surface area contributed by atoms with Gasteiger partial charge in [0, 0.05) is 19.0 Å². The van der Waals surface area contributed by atoms with Crippen LogP contribution in [0, 0.1) is 5.92 Å². The second kappa shape index (κ2) is 5.35. The van der Waals surface area contributed by atoms with E-state index >= 15 is 0 Å². The fraction of sp³-hybridized carbons (Fsp3) is 0.636. The number of aromatic nitrogens is 2. The number of likely N-dealkylation sites (tertiary alicyclic amines) is 1. The zero-order chi connectivity index (χ0) is 14.0. The van der Waals surface area contributed by atoms with Gasteiger partial charge in [-0.3, -0.25) is 19.8 Å². The Morgan fingerprint density at radius 1 is 1.47 bits per heavy atom. The predicted molar refractivity (Wildman–Crippen MR) is 64.6 cm³/mol. The molecule has 0 aromatic carbocycles. The van der Waals surface area contributed by atoms with Crippen LogP contribution in [-0.2, 0) is 9.59 Å². The van der Waals surface area contributed by atoms with E-state index in [1.165, 1.54) is 0 Å². The van der Waals surface area contributed by atoms with Gasteiger partial charge in [-0.2, -0.15) is 0 Å². The van der Waals surface area contributed by atoms with Gasteiger partial charge >= 0.3 is 12.0 Å². The zero-order valence-electron chi connectivity index (χ0n) is 10.8. The highest BCUT2D eigenvalue weighted by Gasteiger charge is 2.33. The van der Waals surface area contributed by atoms with Crippen LogP contribution < -0.4 is 5.32 Å². The molecule has 2 heterocycles. The Labute approximate surface area is 109 Å². The van der Waals surface area contributed by atoms with Crippen LogP contribution >= 0.6 is 0 Å². The molecule has 8 nitrogen and oxygen atoms in total. The van der Waals surface area contributed by atoms with Crippen molar-refractivity contribution in [2.24, 2.45) is 5.92 Å². The van der Waals surface area contributed by atoms with Crippen LogP contribution in [0.15, 0.2) is 4.42 Å². The van der Waals surface area contributed by atoms with Crippen LogP contribution in [0.3, 0.4) is 0 Å². The summed E-state index contributed by atoms with van der Waals surface area (Å²) in [6.07, 6.45) is 0. The Balaban J connectivity index is 1.77. The molecule has 0 atom stereocenters. The Kier molecular flexibility index (Phi) is 3.79. The lowest BCUT2D eigenvalue weighted by molar-refractivity contribution is -0.148. The molecule has 1 amide bonds. The average Bonchev–Trinajstić information content (AvgIpc) is 2.70. The molecule has 1 saturated heterocycles. The SMILES string of the molecule is CC(C)c1nnc(NC(=O)CN2CC(C(=O)O)C2)o1. The largest absolute Gasteiger partial charge is 0.481 e. The van der Waals surface area contributed by atoms with Crippen molar-refractivity contribution in [3.05, 3.63) is 5.89 Å². The Morgan fingerprint density at radius 3 is 2.68 bits per heavy atom. The minimum atomic E-state index is -0.824. The van der Waals surface area contributed by atoms with Crippen molar-refractivity contribution in [3.8, 4) is 0 Å². The van der Waals surface area contributed by atoms with Crippen molar-refractivity contribution in [1.29, 1.82) is 0 Å². The van der Waals surface area contributed by atoms with Crippen molar-refractivity contribution >= 4 is 17.9 Å². The highest BCUT2D eigenvalue weighted by molar-refractivity contribution is 5.90. The molecular weight excluding hydrogens is 252 g/mol. The van der Waals surface area contributed by atoms with E-state index < -0.39 is 5.97 Å². The monoisotopic (exact) mass is 268 g/mol. The Morgan fingerprint density at radius 2 is 2.16 bits per heavy atom. The third kappa shape index (κ3) is 3.28. The fourth-order valence-electron chi connectivity index (χ4n) is 1.74. The summed E-state index contributed by atoms with van der Waals surface area (Å²) in [4.78, 5) is 24.0. The molecule has 0 unspecified atom stereocenters. The molecule has 0 saturated carbocycles. The molecule has 2 N–H and O–H groups in total. The van der Waals surface area contributed by atoms with E-state index in [1.54, 1.807) is 4.90 Å². The quantitative estimate of drug-likeness (QED) is 0.782. The van der Waals surface area contributed by atoms with Crippen LogP contribution in [0.1, 0.15) is 25.7 Å². The average molecular weight is 268 g/mol. The van der Waals surface area contributed by atoms with E-state index in [4.69, 9.17) is 9.52 Å². The number of carbonyl (C=O) groups is 2. The molecular formula is C11H16N4O4. The Bertz CT molecular complexity index is 479. The summed E-state index contributed by atoms with van der Waals surface area (Å²) >= 11 is 0. The van der Waals surface area contributed by atoms with E-state index in [0.717, 1.165) is 0 Å². The van der Waals surface area contributed by atoms with Crippen LogP contribution in [-0.4, -0.2) is 51.7 Å². The number of aliphatic carboxylic acids is 1. The first-order valence-electron chi connectivity index (χ1n) is 6.04. The number of nitrogens with zero attached hydrogens (tertiary/aromatic N) is 3. The number of hydrogen-bond acceptors (Lipinski definition) is 6. The minimum absolute atomic E-state index is 0.0732. The van der Waals surface area contributed by atoms with E-state index in [0.29, 0.717) is 19.0 Å². The van der Waals surface area contributed by atoms with Crippen molar-refractivity contribution in [2.75, 3.05) is 25.0 Å². The van der Waals surface area contributed by atoms with E-state index in [2.05, 4.69) is 15.5 Å². The van der Waals surface area contributed by atoms with Gasteiger partial charge < -0.3 is 9.52 Å².